The molecule has 0 spiro atoms. The lowest BCUT2D eigenvalue weighted by molar-refractivity contribution is -0.0684. The molecule has 23 heavy (non-hydrogen) atoms. The Morgan fingerprint density at radius 3 is 2.43 bits per heavy atom. The molecule has 1 N–H and O–H groups in total. The molecule has 2 heterocycles. The SMILES string of the molecule is CC1(c2ccccc2)Oc2cccc(C3CCNCC3)c2O1.Cl. The molecule has 1 unspecified atom stereocenters. The van der Waals surface area contributed by atoms with Gasteiger partial charge in [0.05, 0.1) is 0 Å². The van der Waals surface area contributed by atoms with E-state index >= 15 is 0 Å². The van der Waals surface area contributed by atoms with Gasteiger partial charge in [0.1, 0.15) is 0 Å². The molecular formula is C19H22ClNO2. The number of hydrogen-bond donors (Lipinski definition) is 1. The van der Waals surface area contributed by atoms with E-state index in [0.29, 0.717) is 5.92 Å². The summed E-state index contributed by atoms with van der Waals surface area (Å²) in [6.45, 7) is 4.14. The summed E-state index contributed by atoms with van der Waals surface area (Å²) in [5, 5.41) is 3.42. The van der Waals surface area contributed by atoms with Gasteiger partial charge in [-0.15, -0.1) is 12.4 Å². The van der Waals surface area contributed by atoms with Crippen molar-refractivity contribution in [3.05, 3.63) is 59.7 Å². The van der Waals surface area contributed by atoms with Crippen molar-refractivity contribution in [2.24, 2.45) is 0 Å². The molecule has 1 saturated heterocycles. The molecular weight excluding hydrogens is 310 g/mol. The molecule has 122 valence electrons. The molecule has 1 atom stereocenters. The van der Waals surface area contributed by atoms with Crippen molar-refractivity contribution in [1.29, 1.82) is 0 Å². The predicted molar refractivity (Wildman–Crippen MR) is 93.6 cm³/mol. The number of halogens is 1. The zero-order valence-electron chi connectivity index (χ0n) is 13.2. The maximum Gasteiger partial charge on any atom is 0.275 e. The minimum atomic E-state index is -0.730. The van der Waals surface area contributed by atoms with Crippen molar-refractivity contribution < 1.29 is 9.47 Å². The number of nitrogens with one attached hydrogen (secondary N) is 1. The van der Waals surface area contributed by atoms with Gasteiger partial charge in [0.15, 0.2) is 11.5 Å². The first-order valence-electron chi connectivity index (χ1n) is 8.03. The quantitative estimate of drug-likeness (QED) is 0.893. The number of hydrogen-bond acceptors (Lipinski definition) is 3. The number of benzene rings is 2. The fourth-order valence-electron chi connectivity index (χ4n) is 3.46. The molecule has 0 aromatic heterocycles. The standard InChI is InChI=1S/C19H21NO2.ClH/c1-19(15-6-3-2-4-7-15)21-17-9-5-8-16(18(17)22-19)14-10-12-20-13-11-14;/h2-9,14,20H,10-13H2,1H3;1H. The molecule has 2 aromatic carbocycles. The number of fused-ring (bicyclic) bond motifs is 1. The third kappa shape index (κ3) is 2.91. The van der Waals surface area contributed by atoms with Gasteiger partial charge in [-0.05, 0) is 37.9 Å². The number of piperidine rings is 1. The molecule has 0 saturated carbocycles. The first-order chi connectivity index (χ1) is 10.8. The average molecular weight is 332 g/mol. The molecule has 1 fully saturated rings. The highest BCUT2D eigenvalue weighted by atomic mass is 35.5. The molecule has 3 nitrogen and oxygen atoms in total. The van der Waals surface area contributed by atoms with E-state index in [0.717, 1.165) is 43.0 Å². The zero-order valence-corrected chi connectivity index (χ0v) is 14.1. The summed E-state index contributed by atoms with van der Waals surface area (Å²) in [5.41, 5.74) is 2.33. The van der Waals surface area contributed by atoms with Crippen LogP contribution in [0.3, 0.4) is 0 Å². The second-order valence-electron chi connectivity index (χ2n) is 6.21. The lowest BCUT2D eigenvalue weighted by Gasteiger charge is -2.25. The lowest BCUT2D eigenvalue weighted by Crippen LogP contribution is -2.31. The summed E-state index contributed by atoms with van der Waals surface area (Å²) < 4.78 is 12.5. The summed E-state index contributed by atoms with van der Waals surface area (Å²) in [6.07, 6.45) is 2.31. The molecule has 2 aliphatic heterocycles. The van der Waals surface area contributed by atoms with Crippen LogP contribution in [-0.2, 0) is 5.79 Å². The van der Waals surface area contributed by atoms with Crippen LogP contribution >= 0.6 is 12.4 Å². The van der Waals surface area contributed by atoms with Crippen LogP contribution in [-0.4, -0.2) is 13.1 Å². The Labute approximate surface area is 143 Å². The summed E-state index contributed by atoms with van der Waals surface area (Å²) >= 11 is 0. The first-order valence-corrected chi connectivity index (χ1v) is 8.03. The van der Waals surface area contributed by atoms with Crippen LogP contribution < -0.4 is 14.8 Å². The molecule has 0 amide bonds. The van der Waals surface area contributed by atoms with Crippen LogP contribution in [0, 0.1) is 0 Å². The van der Waals surface area contributed by atoms with Gasteiger partial charge in [0.25, 0.3) is 5.79 Å². The summed E-state index contributed by atoms with van der Waals surface area (Å²) in [7, 11) is 0. The Morgan fingerprint density at radius 1 is 0.957 bits per heavy atom. The molecule has 2 aliphatic rings. The lowest BCUT2D eigenvalue weighted by atomic mass is 9.89. The van der Waals surface area contributed by atoms with Crippen LogP contribution in [0.25, 0.3) is 0 Å². The van der Waals surface area contributed by atoms with Crippen molar-refractivity contribution in [2.75, 3.05) is 13.1 Å². The number of ether oxygens (including phenoxy) is 2. The van der Waals surface area contributed by atoms with Crippen molar-refractivity contribution >= 4 is 12.4 Å². The van der Waals surface area contributed by atoms with E-state index in [1.54, 1.807) is 0 Å². The van der Waals surface area contributed by atoms with Crippen LogP contribution in [0.1, 0.15) is 36.8 Å². The third-order valence-electron chi connectivity index (χ3n) is 4.69. The highest BCUT2D eigenvalue weighted by Gasteiger charge is 2.40. The van der Waals surface area contributed by atoms with Gasteiger partial charge in [0, 0.05) is 18.1 Å². The Hall–Kier alpha value is -1.71. The van der Waals surface area contributed by atoms with E-state index < -0.39 is 5.79 Å². The fraction of sp³-hybridized carbons (Fsp3) is 0.368. The van der Waals surface area contributed by atoms with Gasteiger partial charge in [-0.25, -0.2) is 0 Å². The van der Waals surface area contributed by atoms with Gasteiger partial charge in [-0.2, -0.15) is 0 Å². The van der Waals surface area contributed by atoms with Crippen molar-refractivity contribution in [2.45, 2.75) is 31.5 Å². The Kier molecular flexibility index (Phi) is 4.51. The molecule has 2 aromatic rings. The summed E-state index contributed by atoms with van der Waals surface area (Å²) in [4.78, 5) is 0. The largest absolute Gasteiger partial charge is 0.445 e. The molecule has 0 aliphatic carbocycles. The minimum Gasteiger partial charge on any atom is -0.445 e. The summed E-state index contributed by atoms with van der Waals surface area (Å²) in [5.74, 6) is 1.62. The molecule has 0 radical (unpaired) electrons. The van der Waals surface area contributed by atoms with Gasteiger partial charge in [-0.3, -0.25) is 0 Å². The van der Waals surface area contributed by atoms with Gasteiger partial charge in [0.2, 0.25) is 0 Å². The van der Waals surface area contributed by atoms with E-state index in [9.17, 15) is 0 Å². The topological polar surface area (TPSA) is 30.5 Å². The average Bonchev–Trinajstić information content (AvgIpc) is 2.94. The van der Waals surface area contributed by atoms with Gasteiger partial charge < -0.3 is 14.8 Å². The zero-order chi connectivity index (χ0) is 15.0. The Bertz CT molecular complexity index is 670. The van der Waals surface area contributed by atoms with E-state index in [4.69, 9.17) is 9.47 Å². The second kappa shape index (κ2) is 6.42. The number of rotatable bonds is 2. The highest BCUT2D eigenvalue weighted by Crippen LogP contribution is 2.48. The number of para-hydroxylation sites is 1. The maximum atomic E-state index is 6.32. The Morgan fingerprint density at radius 2 is 1.70 bits per heavy atom. The van der Waals surface area contributed by atoms with Gasteiger partial charge >= 0.3 is 0 Å². The monoisotopic (exact) mass is 331 g/mol. The van der Waals surface area contributed by atoms with Crippen molar-refractivity contribution in [3.63, 3.8) is 0 Å². The van der Waals surface area contributed by atoms with Crippen LogP contribution in [0.4, 0.5) is 0 Å². The minimum absolute atomic E-state index is 0. The highest BCUT2D eigenvalue weighted by molar-refractivity contribution is 5.85. The van der Waals surface area contributed by atoms with E-state index in [1.807, 2.05) is 31.2 Å². The predicted octanol–water partition coefficient (Wildman–Crippen LogP) is 4.22. The Balaban J connectivity index is 0.00000156. The van der Waals surface area contributed by atoms with Crippen LogP contribution in [0.15, 0.2) is 48.5 Å². The van der Waals surface area contributed by atoms with Crippen LogP contribution in [0.2, 0.25) is 0 Å². The third-order valence-corrected chi connectivity index (χ3v) is 4.69. The second-order valence-corrected chi connectivity index (χ2v) is 6.21. The fourth-order valence-corrected chi connectivity index (χ4v) is 3.46. The smallest absolute Gasteiger partial charge is 0.275 e. The van der Waals surface area contributed by atoms with Crippen molar-refractivity contribution in [3.8, 4) is 11.5 Å². The summed E-state index contributed by atoms with van der Waals surface area (Å²) in [6, 6.07) is 16.4. The maximum absolute atomic E-state index is 6.32. The normalized spacial score (nSPS) is 23.3. The van der Waals surface area contributed by atoms with E-state index in [1.165, 1.54) is 5.56 Å². The molecule has 4 rings (SSSR count). The van der Waals surface area contributed by atoms with Crippen LogP contribution in [0.5, 0.6) is 11.5 Å². The van der Waals surface area contributed by atoms with E-state index in [-0.39, 0.29) is 12.4 Å². The van der Waals surface area contributed by atoms with E-state index in [2.05, 4.69) is 29.6 Å². The molecule has 0 bridgehead atoms. The first kappa shape index (κ1) is 16.2. The van der Waals surface area contributed by atoms with Gasteiger partial charge in [-0.1, -0.05) is 42.5 Å². The van der Waals surface area contributed by atoms with Crippen molar-refractivity contribution in [1.82, 2.24) is 5.32 Å². The molecule has 4 heteroatoms.